The molecule has 2 aromatic heterocycles. The van der Waals surface area contributed by atoms with E-state index in [2.05, 4.69) is 20.3 Å². The molecule has 2 aromatic rings. The third-order valence-electron chi connectivity index (χ3n) is 1.91. The molecule has 0 aromatic carbocycles. The van der Waals surface area contributed by atoms with Gasteiger partial charge in [0.2, 0.25) is 0 Å². The average Bonchev–Trinajstić information content (AvgIpc) is 2.19. The van der Waals surface area contributed by atoms with Gasteiger partial charge < -0.3 is 15.3 Å². The van der Waals surface area contributed by atoms with Gasteiger partial charge in [-0.05, 0) is 0 Å². The summed E-state index contributed by atoms with van der Waals surface area (Å²) in [7, 11) is 1.71. The van der Waals surface area contributed by atoms with Crippen LogP contribution in [-0.4, -0.2) is 22.0 Å². The number of hydrogen-bond donors (Lipinski definition) is 3. The lowest BCUT2D eigenvalue weighted by molar-refractivity contribution is 1.13. The smallest absolute Gasteiger partial charge is 0.314 e. The molecule has 6 heteroatoms. The third kappa shape index (κ3) is 1.17. The number of aromatic nitrogens is 3. The quantitative estimate of drug-likeness (QED) is 0.539. The molecule has 0 unspecified atom stereocenters. The number of H-pyrrole nitrogens is 2. The number of anilines is 1. The van der Waals surface area contributed by atoms with Crippen molar-refractivity contribution in [3.05, 3.63) is 33.1 Å². The maximum Gasteiger partial charge on any atom is 0.314 e. The van der Waals surface area contributed by atoms with Crippen LogP contribution in [0.4, 0.5) is 5.69 Å². The van der Waals surface area contributed by atoms with E-state index in [-0.39, 0.29) is 0 Å². The predicted octanol–water partition coefficient (Wildman–Crippen LogP) is -0.347. The fourth-order valence-electron chi connectivity index (χ4n) is 1.23. The first kappa shape index (κ1) is 8.49. The van der Waals surface area contributed by atoms with Gasteiger partial charge in [0.15, 0.2) is 0 Å². The summed E-state index contributed by atoms with van der Waals surface area (Å²) in [5, 5.41) is 2.86. The highest BCUT2D eigenvalue weighted by Crippen LogP contribution is 2.14. The summed E-state index contributed by atoms with van der Waals surface area (Å²) < 4.78 is 0. The van der Waals surface area contributed by atoms with E-state index in [1.165, 1.54) is 6.20 Å². The van der Waals surface area contributed by atoms with Crippen molar-refractivity contribution in [1.82, 2.24) is 15.0 Å². The molecule has 6 nitrogen and oxygen atoms in total. The zero-order valence-corrected chi connectivity index (χ0v) is 7.42. The number of hydrogen-bond acceptors (Lipinski definition) is 4. The van der Waals surface area contributed by atoms with Gasteiger partial charge in [-0.1, -0.05) is 0 Å². The largest absolute Gasteiger partial charge is 0.385 e. The number of fused-ring (bicyclic) bond motifs is 1. The fraction of sp³-hybridized carbons (Fsp3) is 0.125. The summed E-state index contributed by atoms with van der Waals surface area (Å²) in [6.07, 6.45) is 3.05. The minimum absolute atomic E-state index is 0.501. The lowest BCUT2D eigenvalue weighted by Gasteiger charge is -2.02. The Kier molecular flexibility index (Phi) is 1.81. The Bertz CT molecular complexity index is 584. The zero-order valence-electron chi connectivity index (χ0n) is 7.42. The molecule has 0 saturated heterocycles. The van der Waals surface area contributed by atoms with Crippen molar-refractivity contribution in [2.75, 3.05) is 12.4 Å². The van der Waals surface area contributed by atoms with Crippen LogP contribution in [-0.2, 0) is 0 Å². The van der Waals surface area contributed by atoms with E-state index in [1.807, 2.05) is 0 Å². The van der Waals surface area contributed by atoms with Crippen LogP contribution in [0.1, 0.15) is 0 Å². The molecule has 14 heavy (non-hydrogen) atoms. The number of nitrogens with one attached hydrogen (secondary N) is 3. The second-order valence-electron chi connectivity index (χ2n) is 2.77. The van der Waals surface area contributed by atoms with E-state index in [0.717, 1.165) is 0 Å². The minimum atomic E-state index is -0.674. The topological polar surface area (TPSA) is 90.6 Å². The summed E-state index contributed by atoms with van der Waals surface area (Å²) in [5.41, 5.74) is 0.372. The van der Waals surface area contributed by atoms with Gasteiger partial charge in [0, 0.05) is 7.05 Å². The molecule has 0 atom stereocenters. The standard InChI is InChI=1S/C8H8N4O2/c1-9-4-2-10-3-5-6(4)12-8(14)7(13)11-5/h2-3,9H,1H3,(H,11,13)(H,12,14). The number of pyridine rings is 1. The molecule has 0 aliphatic rings. The molecule has 0 aliphatic carbocycles. The first-order valence-electron chi connectivity index (χ1n) is 4.00. The number of rotatable bonds is 1. The van der Waals surface area contributed by atoms with Gasteiger partial charge >= 0.3 is 11.1 Å². The summed E-state index contributed by atoms with van der Waals surface area (Å²) in [6, 6.07) is 0. The SMILES string of the molecule is CNc1cncc2[nH]c(=O)c(=O)[nH]c12. The van der Waals surface area contributed by atoms with E-state index in [9.17, 15) is 9.59 Å². The second kappa shape index (κ2) is 2.99. The van der Waals surface area contributed by atoms with Gasteiger partial charge in [-0.2, -0.15) is 0 Å². The summed E-state index contributed by atoms with van der Waals surface area (Å²) in [4.78, 5) is 30.8. The number of nitrogens with zero attached hydrogens (tertiary/aromatic N) is 1. The highest BCUT2D eigenvalue weighted by Gasteiger charge is 2.02. The Morgan fingerprint density at radius 1 is 1.21 bits per heavy atom. The molecule has 72 valence electrons. The Labute approximate surface area is 78.0 Å². The molecular weight excluding hydrogens is 184 g/mol. The van der Waals surface area contributed by atoms with E-state index in [1.54, 1.807) is 13.2 Å². The molecule has 3 N–H and O–H groups in total. The van der Waals surface area contributed by atoms with Gasteiger partial charge in [-0.25, -0.2) is 0 Å². The van der Waals surface area contributed by atoms with Crippen LogP contribution < -0.4 is 16.4 Å². The van der Waals surface area contributed by atoms with E-state index in [0.29, 0.717) is 16.7 Å². The molecule has 2 rings (SSSR count). The van der Waals surface area contributed by atoms with E-state index < -0.39 is 11.1 Å². The fourth-order valence-corrected chi connectivity index (χ4v) is 1.23. The molecule has 0 spiro atoms. The summed E-state index contributed by atoms with van der Waals surface area (Å²) in [5.74, 6) is 0. The molecule has 2 heterocycles. The second-order valence-corrected chi connectivity index (χ2v) is 2.77. The molecule has 0 saturated carbocycles. The van der Waals surface area contributed by atoms with Crippen LogP contribution in [0, 0.1) is 0 Å². The maximum atomic E-state index is 11.1. The first-order valence-corrected chi connectivity index (χ1v) is 4.00. The highest BCUT2D eigenvalue weighted by molar-refractivity contribution is 5.85. The average molecular weight is 192 g/mol. The lowest BCUT2D eigenvalue weighted by atomic mass is 10.3. The van der Waals surface area contributed by atoms with Gasteiger partial charge in [-0.15, -0.1) is 0 Å². The Morgan fingerprint density at radius 2 is 1.93 bits per heavy atom. The van der Waals surface area contributed by atoms with Gasteiger partial charge in [0.05, 0.1) is 29.1 Å². The van der Waals surface area contributed by atoms with Crippen LogP contribution in [0.15, 0.2) is 22.0 Å². The van der Waals surface area contributed by atoms with Crippen molar-refractivity contribution < 1.29 is 0 Å². The third-order valence-corrected chi connectivity index (χ3v) is 1.91. The molecule has 0 radical (unpaired) electrons. The van der Waals surface area contributed by atoms with Crippen molar-refractivity contribution in [2.45, 2.75) is 0 Å². The van der Waals surface area contributed by atoms with Gasteiger partial charge in [0.1, 0.15) is 0 Å². The molecule has 0 fully saturated rings. The van der Waals surface area contributed by atoms with Crippen LogP contribution in [0.2, 0.25) is 0 Å². The first-order chi connectivity index (χ1) is 6.72. The zero-order chi connectivity index (χ0) is 10.1. The highest BCUT2D eigenvalue weighted by atomic mass is 16.2. The van der Waals surface area contributed by atoms with Crippen LogP contribution in [0.25, 0.3) is 11.0 Å². The van der Waals surface area contributed by atoms with E-state index in [4.69, 9.17) is 0 Å². The maximum absolute atomic E-state index is 11.1. The van der Waals surface area contributed by atoms with Crippen molar-refractivity contribution in [3.8, 4) is 0 Å². The van der Waals surface area contributed by atoms with Gasteiger partial charge in [-0.3, -0.25) is 14.6 Å². The summed E-state index contributed by atoms with van der Waals surface area (Å²) >= 11 is 0. The van der Waals surface area contributed by atoms with Crippen molar-refractivity contribution >= 4 is 16.7 Å². The number of aromatic amines is 2. The van der Waals surface area contributed by atoms with Crippen molar-refractivity contribution in [2.24, 2.45) is 0 Å². The van der Waals surface area contributed by atoms with Crippen molar-refractivity contribution in [1.29, 1.82) is 0 Å². The molecule has 0 amide bonds. The molecule has 0 bridgehead atoms. The Morgan fingerprint density at radius 3 is 2.64 bits per heavy atom. The van der Waals surface area contributed by atoms with Crippen LogP contribution in [0.5, 0.6) is 0 Å². The lowest BCUT2D eigenvalue weighted by Crippen LogP contribution is -2.29. The van der Waals surface area contributed by atoms with Crippen LogP contribution in [0.3, 0.4) is 0 Å². The van der Waals surface area contributed by atoms with Gasteiger partial charge in [0.25, 0.3) is 0 Å². The molecule has 0 aliphatic heterocycles. The van der Waals surface area contributed by atoms with Crippen LogP contribution >= 0.6 is 0 Å². The monoisotopic (exact) mass is 192 g/mol. The normalized spacial score (nSPS) is 10.4. The Hall–Kier alpha value is -2.11. The summed E-state index contributed by atoms with van der Waals surface area (Å²) in [6.45, 7) is 0. The van der Waals surface area contributed by atoms with Crippen molar-refractivity contribution in [3.63, 3.8) is 0 Å². The molecular formula is C8H8N4O2. The predicted molar refractivity (Wildman–Crippen MR) is 52.5 cm³/mol. The Balaban J connectivity index is 2.95. The minimum Gasteiger partial charge on any atom is -0.385 e. The van der Waals surface area contributed by atoms with E-state index >= 15 is 0 Å².